The monoisotopic (exact) mass is 322 g/mol. The van der Waals surface area contributed by atoms with E-state index in [1.165, 1.54) is 11.1 Å². The first-order valence-corrected chi connectivity index (χ1v) is 8.33. The lowest BCUT2D eigenvalue weighted by atomic mass is 10.0. The number of nitrogens with one attached hydrogen (secondary N) is 1. The molecule has 0 atom stereocenters. The normalized spacial score (nSPS) is 10.4. The minimum absolute atomic E-state index is 0.975. The molecule has 0 amide bonds. The molecule has 4 aromatic rings. The summed E-state index contributed by atoms with van der Waals surface area (Å²) < 4.78 is 0. The molecule has 120 valence electrons. The third-order valence-corrected chi connectivity index (χ3v) is 4.11. The van der Waals surface area contributed by atoms with E-state index in [1.807, 2.05) is 30.5 Å². The van der Waals surface area contributed by atoms with Crippen molar-refractivity contribution in [3.63, 3.8) is 0 Å². The summed E-state index contributed by atoms with van der Waals surface area (Å²) in [4.78, 5) is 4.43. The number of nitrogens with zero attached hydrogens (tertiary/aromatic N) is 1. The number of para-hydroxylation sites is 1. The summed E-state index contributed by atoms with van der Waals surface area (Å²) in [6.45, 7) is 0. The fraction of sp³-hybridized carbons (Fsp3) is 0. The molecular formula is C23H18N2. The molecule has 2 nitrogen and oxygen atoms in total. The zero-order valence-corrected chi connectivity index (χ0v) is 13.8. The molecule has 4 rings (SSSR count). The van der Waals surface area contributed by atoms with Gasteiger partial charge in [0.05, 0.1) is 5.69 Å². The quantitative estimate of drug-likeness (QED) is 0.487. The molecule has 3 aromatic carbocycles. The maximum Gasteiger partial charge on any atom is 0.0702 e. The fourth-order valence-electron chi connectivity index (χ4n) is 2.91. The molecule has 1 N–H and O–H groups in total. The van der Waals surface area contributed by atoms with Crippen LogP contribution in [0, 0.1) is 0 Å². The van der Waals surface area contributed by atoms with Crippen LogP contribution in [0.25, 0.3) is 22.4 Å². The van der Waals surface area contributed by atoms with Gasteiger partial charge in [-0.05, 0) is 35.9 Å². The molecule has 0 aliphatic carbocycles. The van der Waals surface area contributed by atoms with Crippen molar-refractivity contribution in [2.24, 2.45) is 0 Å². The first-order chi connectivity index (χ1) is 12.4. The Morgan fingerprint density at radius 1 is 0.600 bits per heavy atom. The Morgan fingerprint density at radius 2 is 1.36 bits per heavy atom. The average Bonchev–Trinajstić information content (AvgIpc) is 2.70. The second-order valence-electron chi connectivity index (χ2n) is 5.83. The lowest BCUT2D eigenvalue weighted by Gasteiger charge is -2.13. The molecule has 0 aliphatic rings. The predicted octanol–water partition coefficient (Wildman–Crippen LogP) is 6.16. The minimum atomic E-state index is 0.975. The topological polar surface area (TPSA) is 24.9 Å². The van der Waals surface area contributed by atoms with E-state index in [2.05, 4.69) is 83.1 Å². The highest BCUT2D eigenvalue weighted by Gasteiger charge is 2.05. The fourth-order valence-corrected chi connectivity index (χ4v) is 2.91. The molecule has 0 fully saturated rings. The van der Waals surface area contributed by atoms with Crippen LogP contribution >= 0.6 is 0 Å². The van der Waals surface area contributed by atoms with Crippen LogP contribution in [0.4, 0.5) is 11.4 Å². The first-order valence-electron chi connectivity index (χ1n) is 8.33. The largest absolute Gasteiger partial charge is 0.355 e. The van der Waals surface area contributed by atoms with E-state index < -0.39 is 0 Å². The maximum absolute atomic E-state index is 4.43. The van der Waals surface area contributed by atoms with Crippen molar-refractivity contribution in [2.75, 3.05) is 5.32 Å². The molecule has 1 heterocycles. The van der Waals surface area contributed by atoms with Gasteiger partial charge in [-0.25, -0.2) is 0 Å². The van der Waals surface area contributed by atoms with E-state index in [-0.39, 0.29) is 0 Å². The summed E-state index contributed by atoms with van der Waals surface area (Å²) >= 11 is 0. The summed E-state index contributed by atoms with van der Waals surface area (Å²) in [5.74, 6) is 0. The number of hydrogen-bond acceptors (Lipinski definition) is 2. The standard InChI is InChI=1S/C23H18N2/c1-2-9-18(10-3-1)21-13-4-5-15-23(21)25-20-12-8-11-19(17-20)22-14-6-7-16-24-22/h1-17,25H. The van der Waals surface area contributed by atoms with Crippen LogP contribution in [0.5, 0.6) is 0 Å². The van der Waals surface area contributed by atoms with Gasteiger partial charge in [-0.1, -0.05) is 66.7 Å². The molecule has 1 aromatic heterocycles. The Balaban J connectivity index is 1.68. The molecule has 0 saturated carbocycles. The highest BCUT2D eigenvalue weighted by Crippen LogP contribution is 2.31. The molecule has 2 heteroatoms. The van der Waals surface area contributed by atoms with Gasteiger partial charge in [-0.15, -0.1) is 0 Å². The second-order valence-corrected chi connectivity index (χ2v) is 5.83. The summed E-state index contributed by atoms with van der Waals surface area (Å²) in [6.07, 6.45) is 1.82. The smallest absolute Gasteiger partial charge is 0.0702 e. The van der Waals surface area contributed by atoms with Crippen LogP contribution in [0.15, 0.2) is 103 Å². The van der Waals surface area contributed by atoms with Gasteiger partial charge in [0, 0.05) is 28.7 Å². The van der Waals surface area contributed by atoms with Crippen LogP contribution in [0.3, 0.4) is 0 Å². The van der Waals surface area contributed by atoms with Crippen LogP contribution in [-0.2, 0) is 0 Å². The van der Waals surface area contributed by atoms with E-state index in [0.29, 0.717) is 0 Å². The van der Waals surface area contributed by atoms with Gasteiger partial charge in [0.15, 0.2) is 0 Å². The molecule has 25 heavy (non-hydrogen) atoms. The third-order valence-electron chi connectivity index (χ3n) is 4.11. The summed E-state index contributed by atoms with van der Waals surface area (Å²) in [5, 5.41) is 3.55. The molecule has 0 aliphatic heterocycles. The lowest BCUT2D eigenvalue weighted by Crippen LogP contribution is -1.94. The lowest BCUT2D eigenvalue weighted by molar-refractivity contribution is 1.33. The molecule has 0 unspecified atom stereocenters. The average molecular weight is 322 g/mol. The predicted molar refractivity (Wildman–Crippen MR) is 105 cm³/mol. The molecular weight excluding hydrogens is 304 g/mol. The van der Waals surface area contributed by atoms with Gasteiger partial charge in [0.2, 0.25) is 0 Å². The van der Waals surface area contributed by atoms with Crippen LogP contribution in [0.2, 0.25) is 0 Å². The van der Waals surface area contributed by atoms with Crippen molar-refractivity contribution in [3.05, 3.63) is 103 Å². The van der Waals surface area contributed by atoms with Crippen molar-refractivity contribution in [1.82, 2.24) is 4.98 Å². The minimum Gasteiger partial charge on any atom is -0.355 e. The number of anilines is 2. The van der Waals surface area contributed by atoms with Crippen molar-refractivity contribution < 1.29 is 0 Å². The summed E-state index contributed by atoms with van der Waals surface area (Å²) in [7, 11) is 0. The third kappa shape index (κ3) is 3.43. The SMILES string of the molecule is c1ccc(-c2ccccc2Nc2cccc(-c3ccccn3)c2)cc1. The van der Waals surface area contributed by atoms with Gasteiger partial charge in [-0.3, -0.25) is 4.98 Å². The van der Waals surface area contributed by atoms with Crippen LogP contribution in [0.1, 0.15) is 0 Å². The van der Waals surface area contributed by atoms with Crippen molar-refractivity contribution >= 4 is 11.4 Å². The Kier molecular flexibility index (Phi) is 4.25. The van der Waals surface area contributed by atoms with Crippen molar-refractivity contribution in [3.8, 4) is 22.4 Å². The molecule has 0 radical (unpaired) electrons. The Hall–Kier alpha value is -3.39. The zero-order valence-electron chi connectivity index (χ0n) is 13.8. The van der Waals surface area contributed by atoms with Crippen molar-refractivity contribution in [1.29, 1.82) is 0 Å². The summed E-state index contributed by atoms with van der Waals surface area (Å²) in [5.41, 5.74) is 6.60. The molecule has 0 saturated heterocycles. The van der Waals surface area contributed by atoms with E-state index in [0.717, 1.165) is 22.6 Å². The van der Waals surface area contributed by atoms with Crippen molar-refractivity contribution in [2.45, 2.75) is 0 Å². The number of hydrogen-bond donors (Lipinski definition) is 1. The highest BCUT2D eigenvalue weighted by atomic mass is 14.9. The number of rotatable bonds is 4. The van der Waals surface area contributed by atoms with E-state index in [4.69, 9.17) is 0 Å². The Bertz CT molecular complexity index is 963. The van der Waals surface area contributed by atoms with E-state index in [1.54, 1.807) is 0 Å². The van der Waals surface area contributed by atoms with Gasteiger partial charge >= 0.3 is 0 Å². The molecule has 0 spiro atoms. The number of pyridine rings is 1. The van der Waals surface area contributed by atoms with Gasteiger partial charge in [-0.2, -0.15) is 0 Å². The highest BCUT2D eigenvalue weighted by molar-refractivity contribution is 5.81. The zero-order chi connectivity index (χ0) is 16.9. The Morgan fingerprint density at radius 3 is 2.20 bits per heavy atom. The number of benzene rings is 3. The Labute approximate surface area is 147 Å². The summed E-state index contributed by atoms with van der Waals surface area (Å²) in [6, 6.07) is 33.1. The van der Waals surface area contributed by atoms with Crippen LogP contribution in [-0.4, -0.2) is 4.98 Å². The maximum atomic E-state index is 4.43. The first kappa shape index (κ1) is 15.2. The number of aromatic nitrogens is 1. The van der Waals surface area contributed by atoms with E-state index >= 15 is 0 Å². The van der Waals surface area contributed by atoms with E-state index in [9.17, 15) is 0 Å². The molecule has 0 bridgehead atoms. The van der Waals surface area contributed by atoms with Gasteiger partial charge < -0.3 is 5.32 Å². The van der Waals surface area contributed by atoms with Crippen LogP contribution < -0.4 is 5.32 Å². The van der Waals surface area contributed by atoms with Gasteiger partial charge in [0.25, 0.3) is 0 Å². The second kappa shape index (κ2) is 7.02. The van der Waals surface area contributed by atoms with Gasteiger partial charge in [0.1, 0.15) is 0 Å².